The van der Waals surface area contributed by atoms with Crippen molar-refractivity contribution in [2.45, 2.75) is 0 Å². The lowest BCUT2D eigenvalue weighted by atomic mass is 10.2. The SMILES string of the molecule is O=[N+]([O-])c1ccc2c(c1)OCC(Nc1ccccc1)=N2. The number of anilines is 1. The minimum Gasteiger partial charge on any atom is -0.483 e. The Balaban J connectivity index is 1.85. The number of nitro benzene ring substituents is 1. The molecule has 0 aliphatic carbocycles. The number of hydrogen-bond acceptors (Lipinski definition) is 5. The lowest BCUT2D eigenvalue weighted by molar-refractivity contribution is -0.384. The largest absolute Gasteiger partial charge is 0.483 e. The van der Waals surface area contributed by atoms with Crippen LogP contribution >= 0.6 is 0 Å². The third-order valence-electron chi connectivity index (χ3n) is 2.84. The molecule has 0 fully saturated rings. The molecule has 0 saturated heterocycles. The molecular formula is C14H11N3O3. The van der Waals surface area contributed by atoms with Gasteiger partial charge in [0.15, 0.2) is 5.75 Å². The van der Waals surface area contributed by atoms with E-state index in [2.05, 4.69) is 10.3 Å². The molecule has 0 radical (unpaired) electrons. The normalized spacial score (nSPS) is 12.9. The molecule has 6 nitrogen and oxygen atoms in total. The highest BCUT2D eigenvalue weighted by molar-refractivity contribution is 5.99. The van der Waals surface area contributed by atoms with Crippen molar-refractivity contribution in [1.82, 2.24) is 0 Å². The van der Waals surface area contributed by atoms with Crippen LogP contribution in [0.1, 0.15) is 0 Å². The van der Waals surface area contributed by atoms with E-state index in [1.165, 1.54) is 12.1 Å². The third kappa shape index (κ3) is 2.44. The summed E-state index contributed by atoms with van der Waals surface area (Å²) in [6.45, 7) is 0.253. The fraction of sp³-hybridized carbons (Fsp3) is 0.0714. The monoisotopic (exact) mass is 269 g/mol. The zero-order valence-corrected chi connectivity index (χ0v) is 10.4. The molecule has 2 aromatic carbocycles. The van der Waals surface area contributed by atoms with Gasteiger partial charge in [0.25, 0.3) is 5.69 Å². The first-order chi connectivity index (χ1) is 9.72. The van der Waals surface area contributed by atoms with Crippen LogP contribution in [0.4, 0.5) is 17.1 Å². The van der Waals surface area contributed by atoms with Gasteiger partial charge in [-0.05, 0) is 18.2 Å². The molecule has 0 unspecified atom stereocenters. The van der Waals surface area contributed by atoms with Crippen LogP contribution in [0, 0.1) is 10.1 Å². The molecule has 2 aromatic rings. The smallest absolute Gasteiger partial charge is 0.273 e. The molecule has 6 heteroatoms. The summed E-state index contributed by atoms with van der Waals surface area (Å²) in [6, 6.07) is 14.0. The van der Waals surface area contributed by atoms with Crippen LogP contribution in [0.5, 0.6) is 5.75 Å². The first-order valence-electron chi connectivity index (χ1n) is 6.03. The second kappa shape index (κ2) is 5.00. The van der Waals surface area contributed by atoms with E-state index in [0.29, 0.717) is 17.3 Å². The standard InChI is InChI=1S/C14H11N3O3/c18-17(19)11-6-7-12-13(8-11)20-9-14(16-12)15-10-4-2-1-3-5-10/h1-8H,9H2,(H,15,16). The summed E-state index contributed by atoms with van der Waals surface area (Å²) in [4.78, 5) is 14.6. The Hall–Kier alpha value is -2.89. The quantitative estimate of drug-likeness (QED) is 0.671. The number of benzene rings is 2. The van der Waals surface area contributed by atoms with Crippen molar-refractivity contribution >= 4 is 22.9 Å². The van der Waals surface area contributed by atoms with Gasteiger partial charge < -0.3 is 10.1 Å². The molecule has 1 aliphatic rings. The van der Waals surface area contributed by atoms with Gasteiger partial charge >= 0.3 is 0 Å². The Morgan fingerprint density at radius 1 is 1.20 bits per heavy atom. The van der Waals surface area contributed by atoms with Crippen molar-refractivity contribution in [3.05, 3.63) is 58.6 Å². The van der Waals surface area contributed by atoms with Crippen molar-refractivity contribution < 1.29 is 9.66 Å². The lowest BCUT2D eigenvalue weighted by Crippen LogP contribution is -2.23. The van der Waals surface area contributed by atoms with E-state index in [4.69, 9.17) is 4.74 Å². The number of nitrogens with one attached hydrogen (secondary N) is 1. The maximum atomic E-state index is 10.7. The van der Waals surface area contributed by atoms with E-state index >= 15 is 0 Å². The first-order valence-corrected chi connectivity index (χ1v) is 6.03. The van der Waals surface area contributed by atoms with Gasteiger partial charge in [0.05, 0.1) is 11.0 Å². The Labute approximate surface area is 114 Å². The van der Waals surface area contributed by atoms with Crippen molar-refractivity contribution in [3.8, 4) is 5.75 Å². The van der Waals surface area contributed by atoms with E-state index in [1.54, 1.807) is 6.07 Å². The predicted molar refractivity (Wildman–Crippen MR) is 75.8 cm³/mol. The summed E-state index contributed by atoms with van der Waals surface area (Å²) in [5.41, 5.74) is 1.50. The number of non-ortho nitro benzene ring substituents is 1. The van der Waals surface area contributed by atoms with Crippen molar-refractivity contribution in [2.24, 2.45) is 4.99 Å². The number of hydrogen-bond donors (Lipinski definition) is 1. The third-order valence-corrected chi connectivity index (χ3v) is 2.84. The number of para-hydroxylation sites is 1. The Morgan fingerprint density at radius 3 is 2.75 bits per heavy atom. The van der Waals surface area contributed by atoms with E-state index in [0.717, 1.165) is 5.69 Å². The van der Waals surface area contributed by atoms with Crippen LogP contribution in [0.3, 0.4) is 0 Å². The van der Waals surface area contributed by atoms with Crippen molar-refractivity contribution in [1.29, 1.82) is 0 Å². The average molecular weight is 269 g/mol. The summed E-state index contributed by atoms with van der Waals surface area (Å²) in [6.07, 6.45) is 0. The van der Waals surface area contributed by atoms with E-state index in [-0.39, 0.29) is 12.3 Å². The molecule has 3 rings (SSSR count). The summed E-state index contributed by atoms with van der Waals surface area (Å²) < 4.78 is 5.50. The minimum atomic E-state index is -0.453. The molecule has 0 amide bonds. The zero-order valence-electron chi connectivity index (χ0n) is 10.4. The Morgan fingerprint density at radius 2 is 2.00 bits per heavy atom. The molecule has 0 aromatic heterocycles. The van der Waals surface area contributed by atoms with Gasteiger partial charge in [0.2, 0.25) is 0 Å². The maximum absolute atomic E-state index is 10.7. The van der Waals surface area contributed by atoms with Crippen LogP contribution < -0.4 is 10.1 Å². The van der Waals surface area contributed by atoms with Gasteiger partial charge in [-0.2, -0.15) is 0 Å². The van der Waals surface area contributed by atoms with Gasteiger partial charge in [-0.25, -0.2) is 4.99 Å². The van der Waals surface area contributed by atoms with Crippen LogP contribution in [0.15, 0.2) is 53.5 Å². The molecule has 0 atom stereocenters. The molecule has 100 valence electrons. The fourth-order valence-corrected chi connectivity index (χ4v) is 1.90. The van der Waals surface area contributed by atoms with Crippen molar-refractivity contribution in [2.75, 3.05) is 11.9 Å². The Kier molecular flexibility index (Phi) is 3.04. The maximum Gasteiger partial charge on any atom is 0.273 e. The number of ether oxygens (including phenoxy) is 1. The number of nitro groups is 1. The molecule has 1 N–H and O–H groups in total. The van der Waals surface area contributed by atoms with Gasteiger partial charge in [-0.15, -0.1) is 0 Å². The summed E-state index contributed by atoms with van der Waals surface area (Å²) in [7, 11) is 0. The molecule has 0 bridgehead atoms. The number of fused-ring (bicyclic) bond motifs is 1. The van der Waals surface area contributed by atoms with Gasteiger partial charge in [0.1, 0.15) is 18.1 Å². The Bertz CT molecular complexity index is 683. The average Bonchev–Trinajstić information content (AvgIpc) is 2.47. The fourth-order valence-electron chi connectivity index (χ4n) is 1.90. The highest BCUT2D eigenvalue weighted by atomic mass is 16.6. The number of rotatable bonds is 2. The van der Waals surface area contributed by atoms with E-state index in [1.807, 2.05) is 30.3 Å². The van der Waals surface area contributed by atoms with Crippen LogP contribution in [-0.4, -0.2) is 17.4 Å². The van der Waals surface area contributed by atoms with Gasteiger partial charge in [-0.1, -0.05) is 18.2 Å². The predicted octanol–water partition coefficient (Wildman–Crippen LogP) is 3.13. The second-order valence-electron chi connectivity index (χ2n) is 4.25. The highest BCUT2D eigenvalue weighted by Crippen LogP contribution is 2.34. The van der Waals surface area contributed by atoms with Gasteiger partial charge in [-0.3, -0.25) is 10.1 Å². The summed E-state index contributed by atoms with van der Waals surface area (Å²) in [5, 5.41) is 13.8. The van der Waals surface area contributed by atoms with Crippen LogP contribution in [0.25, 0.3) is 0 Å². The van der Waals surface area contributed by atoms with Gasteiger partial charge in [0, 0.05) is 11.8 Å². The topological polar surface area (TPSA) is 76.8 Å². The number of amidine groups is 1. The molecule has 20 heavy (non-hydrogen) atoms. The van der Waals surface area contributed by atoms with Crippen LogP contribution in [-0.2, 0) is 0 Å². The zero-order chi connectivity index (χ0) is 13.9. The first kappa shape index (κ1) is 12.2. The molecular weight excluding hydrogens is 258 g/mol. The van der Waals surface area contributed by atoms with Crippen molar-refractivity contribution in [3.63, 3.8) is 0 Å². The summed E-state index contributed by atoms with van der Waals surface area (Å²) >= 11 is 0. The second-order valence-corrected chi connectivity index (χ2v) is 4.25. The molecule has 1 aliphatic heterocycles. The van der Waals surface area contributed by atoms with Crippen LogP contribution in [0.2, 0.25) is 0 Å². The number of aliphatic imine (C=N–C) groups is 1. The molecule has 0 spiro atoms. The molecule has 1 heterocycles. The van der Waals surface area contributed by atoms with E-state index in [9.17, 15) is 10.1 Å². The number of nitrogens with zero attached hydrogens (tertiary/aromatic N) is 2. The minimum absolute atomic E-state index is 0.00146. The lowest BCUT2D eigenvalue weighted by Gasteiger charge is -2.17. The summed E-state index contributed by atoms with van der Waals surface area (Å²) in [5.74, 6) is 1.09. The molecule has 0 saturated carbocycles. The highest BCUT2D eigenvalue weighted by Gasteiger charge is 2.17. The van der Waals surface area contributed by atoms with E-state index < -0.39 is 4.92 Å².